The molecule has 0 saturated carbocycles. The second kappa shape index (κ2) is 13.2. The number of unbranched alkanes of at least 4 members (excludes halogenated alkanes) is 3. The minimum atomic E-state index is -0.137. The van der Waals surface area contributed by atoms with Crippen LogP contribution in [0.2, 0.25) is 0 Å². The molecule has 142 valence electrons. The molecule has 0 aliphatic carbocycles. The summed E-state index contributed by atoms with van der Waals surface area (Å²) in [6.07, 6.45) is 6.25. The molecule has 0 aromatic heterocycles. The number of hydrogen-bond donors (Lipinski definition) is 1. The maximum atomic E-state index is 12.6. The van der Waals surface area contributed by atoms with E-state index in [-0.39, 0.29) is 17.4 Å². The number of carbonyl (C=O) groups excluding carboxylic acids is 2. The van der Waals surface area contributed by atoms with Gasteiger partial charge in [0.2, 0.25) is 11.8 Å². The fourth-order valence-electron chi connectivity index (χ4n) is 2.49. The van der Waals surface area contributed by atoms with E-state index >= 15 is 0 Å². The summed E-state index contributed by atoms with van der Waals surface area (Å²) in [6, 6.07) is 0. The molecule has 0 radical (unpaired) electrons. The summed E-state index contributed by atoms with van der Waals surface area (Å²) in [7, 11) is 0. The minimum Gasteiger partial charge on any atom is -0.381 e. The van der Waals surface area contributed by atoms with Crippen LogP contribution >= 0.6 is 0 Å². The first-order valence-electron chi connectivity index (χ1n) is 9.53. The second-order valence-corrected chi connectivity index (χ2v) is 6.82. The maximum Gasteiger partial charge on any atom is 0.224 e. The van der Waals surface area contributed by atoms with Crippen LogP contribution in [0.3, 0.4) is 0 Å². The van der Waals surface area contributed by atoms with Gasteiger partial charge in [0.25, 0.3) is 0 Å². The van der Waals surface area contributed by atoms with Crippen LogP contribution in [0.1, 0.15) is 79.6 Å². The van der Waals surface area contributed by atoms with E-state index in [4.69, 9.17) is 4.74 Å². The lowest BCUT2D eigenvalue weighted by molar-refractivity contribution is -0.136. The standard InChI is InChI=1S/C19H38N2O3/c1-6-9-10-11-15-21(19(4,5)7-2)18(23)12-14-20-17(22)13-16-24-8-3/h6-16H2,1-5H3,(H,20,22). The Kier molecular flexibility index (Phi) is 12.6. The van der Waals surface area contributed by atoms with Crippen molar-refractivity contribution in [3.05, 3.63) is 0 Å². The molecule has 0 rings (SSSR count). The topological polar surface area (TPSA) is 58.6 Å². The second-order valence-electron chi connectivity index (χ2n) is 6.82. The molecule has 0 aromatic rings. The molecule has 5 nitrogen and oxygen atoms in total. The van der Waals surface area contributed by atoms with Gasteiger partial charge in [-0.3, -0.25) is 9.59 Å². The molecule has 24 heavy (non-hydrogen) atoms. The van der Waals surface area contributed by atoms with Crippen molar-refractivity contribution in [3.8, 4) is 0 Å². The Labute approximate surface area is 148 Å². The third-order valence-corrected chi connectivity index (χ3v) is 4.47. The molecule has 0 bridgehead atoms. The highest BCUT2D eigenvalue weighted by Gasteiger charge is 2.28. The molecule has 0 fully saturated rings. The van der Waals surface area contributed by atoms with Gasteiger partial charge in [-0.15, -0.1) is 0 Å². The van der Waals surface area contributed by atoms with Crippen molar-refractivity contribution in [2.24, 2.45) is 0 Å². The molecule has 0 saturated heterocycles. The van der Waals surface area contributed by atoms with Crippen molar-refractivity contribution in [1.29, 1.82) is 0 Å². The Morgan fingerprint density at radius 3 is 2.33 bits per heavy atom. The molecule has 0 aromatic carbocycles. The van der Waals surface area contributed by atoms with Crippen molar-refractivity contribution in [3.63, 3.8) is 0 Å². The smallest absolute Gasteiger partial charge is 0.224 e. The van der Waals surface area contributed by atoms with Gasteiger partial charge in [0, 0.05) is 38.1 Å². The molecule has 0 aliphatic rings. The van der Waals surface area contributed by atoms with E-state index in [1.165, 1.54) is 12.8 Å². The Balaban J connectivity index is 4.31. The summed E-state index contributed by atoms with van der Waals surface area (Å²) < 4.78 is 5.16. The average Bonchev–Trinajstić information content (AvgIpc) is 2.54. The van der Waals surface area contributed by atoms with Gasteiger partial charge in [-0.1, -0.05) is 33.1 Å². The molecule has 2 amide bonds. The highest BCUT2D eigenvalue weighted by atomic mass is 16.5. The van der Waals surface area contributed by atoms with Crippen LogP contribution in [-0.4, -0.2) is 48.6 Å². The number of nitrogens with one attached hydrogen (secondary N) is 1. The predicted molar refractivity (Wildman–Crippen MR) is 99.0 cm³/mol. The van der Waals surface area contributed by atoms with Crippen molar-refractivity contribution in [1.82, 2.24) is 10.2 Å². The number of amides is 2. The minimum absolute atomic E-state index is 0.0551. The van der Waals surface area contributed by atoms with Crippen LogP contribution in [0.5, 0.6) is 0 Å². The van der Waals surface area contributed by atoms with E-state index in [0.29, 0.717) is 32.6 Å². The highest BCUT2D eigenvalue weighted by molar-refractivity contribution is 5.79. The summed E-state index contributed by atoms with van der Waals surface area (Å²) in [5.74, 6) is 0.0731. The van der Waals surface area contributed by atoms with Crippen LogP contribution < -0.4 is 5.32 Å². The number of ether oxygens (including phenoxy) is 1. The van der Waals surface area contributed by atoms with Crippen molar-refractivity contribution in [2.45, 2.75) is 85.1 Å². The molecule has 0 unspecified atom stereocenters. The lowest BCUT2D eigenvalue weighted by Crippen LogP contribution is -2.48. The largest absolute Gasteiger partial charge is 0.381 e. The van der Waals surface area contributed by atoms with Crippen LogP contribution in [0.25, 0.3) is 0 Å². The number of rotatable bonds is 14. The van der Waals surface area contributed by atoms with E-state index in [9.17, 15) is 9.59 Å². The van der Waals surface area contributed by atoms with Gasteiger partial charge in [-0.05, 0) is 33.6 Å². The van der Waals surface area contributed by atoms with Crippen molar-refractivity contribution < 1.29 is 14.3 Å². The maximum absolute atomic E-state index is 12.6. The summed E-state index contributed by atoms with van der Waals surface area (Å²) in [6.45, 7) is 12.7. The lowest BCUT2D eigenvalue weighted by atomic mass is 9.98. The zero-order valence-corrected chi connectivity index (χ0v) is 16.5. The fourth-order valence-corrected chi connectivity index (χ4v) is 2.49. The Bertz CT molecular complexity index is 357. The third kappa shape index (κ3) is 9.91. The molecular formula is C19H38N2O3. The molecule has 0 atom stereocenters. The van der Waals surface area contributed by atoms with Gasteiger partial charge in [-0.25, -0.2) is 0 Å². The van der Waals surface area contributed by atoms with Crippen molar-refractivity contribution >= 4 is 11.8 Å². The van der Waals surface area contributed by atoms with Crippen LogP contribution in [-0.2, 0) is 14.3 Å². The highest BCUT2D eigenvalue weighted by Crippen LogP contribution is 2.20. The summed E-state index contributed by atoms with van der Waals surface area (Å²) in [5, 5.41) is 2.81. The Morgan fingerprint density at radius 2 is 1.75 bits per heavy atom. The Hall–Kier alpha value is -1.10. The summed E-state index contributed by atoms with van der Waals surface area (Å²) in [5.41, 5.74) is -0.137. The summed E-state index contributed by atoms with van der Waals surface area (Å²) in [4.78, 5) is 26.2. The van der Waals surface area contributed by atoms with Crippen molar-refractivity contribution in [2.75, 3.05) is 26.3 Å². The van der Waals surface area contributed by atoms with Crippen LogP contribution in [0, 0.1) is 0 Å². The monoisotopic (exact) mass is 342 g/mol. The number of carbonyl (C=O) groups is 2. The SMILES string of the molecule is CCCCCCN(C(=O)CCNC(=O)CCOCC)C(C)(C)CC. The molecule has 0 spiro atoms. The molecule has 5 heteroatoms. The first-order valence-corrected chi connectivity index (χ1v) is 9.53. The normalized spacial score (nSPS) is 11.4. The Morgan fingerprint density at radius 1 is 1.04 bits per heavy atom. The zero-order chi connectivity index (χ0) is 18.4. The van der Waals surface area contributed by atoms with Gasteiger partial charge in [0.15, 0.2) is 0 Å². The lowest BCUT2D eigenvalue weighted by Gasteiger charge is -2.38. The van der Waals surface area contributed by atoms with E-state index in [1.54, 1.807) is 0 Å². The fraction of sp³-hybridized carbons (Fsp3) is 0.895. The number of nitrogens with zero attached hydrogens (tertiary/aromatic N) is 1. The zero-order valence-electron chi connectivity index (χ0n) is 16.5. The molecular weight excluding hydrogens is 304 g/mol. The van der Waals surface area contributed by atoms with E-state index in [2.05, 4.69) is 33.0 Å². The summed E-state index contributed by atoms with van der Waals surface area (Å²) >= 11 is 0. The van der Waals surface area contributed by atoms with E-state index in [1.807, 2.05) is 11.8 Å². The van der Waals surface area contributed by atoms with Gasteiger partial charge in [0.05, 0.1) is 6.61 Å². The third-order valence-electron chi connectivity index (χ3n) is 4.47. The van der Waals surface area contributed by atoms with Gasteiger partial charge >= 0.3 is 0 Å². The molecule has 1 N–H and O–H groups in total. The van der Waals surface area contributed by atoms with E-state index in [0.717, 1.165) is 25.8 Å². The first-order chi connectivity index (χ1) is 11.4. The quantitative estimate of drug-likeness (QED) is 0.491. The van der Waals surface area contributed by atoms with Gasteiger partial charge < -0.3 is 15.0 Å². The average molecular weight is 343 g/mol. The molecule has 0 heterocycles. The van der Waals surface area contributed by atoms with Crippen LogP contribution in [0.4, 0.5) is 0 Å². The van der Waals surface area contributed by atoms with Gasteiger partial charge in [-0.2, -0.15) is 0 Å². The van der Waals surface area contributed by atoms with E-state index < -0.39 is 0 Å². The number of hydrogen-bond acceptors (Lipinski definition) is 3. The van der Waals surface area contributed by atoms with Gasteiger partial charge in [0.1, 0.15) is 0 Å². The first kappa shape index (κ1) is 22.9. The predicted octanol–water partition coefficient (Wildman–Crippen LogP) is 3.52. The van der Waals surface area contributed by atoms with Crippen LogP contribution in [0.15, 0.2) is 0 Å². The molecule has 0 aliphatic heterocycles.